The number of fused-ring (bicyclic) bond motifs is 3. The first-order valence-corrected chi connectivity index (χ1v) is 10.3. The number of amides is 1. The number of unbranched alkanes of at least 4 members (excludes halogenated alkanes) is 2. The topological polar surface area (TPSA) is 48.0 Å². The van der Waals surface area contributed by atoms with Gasteiger partial charge in [0.1, 0.15) is 11.6 Å². The van der Waals surface area contributed by atoms with E-state index in [0.29, 0.717) is 5.56 Å². The van der Waals surface area contributed by atoms with Gasteiger partial charge in [-0.2, -0.15) is 0 Å². The molecular weight excluding hydrogens is 382 g/mol. The van der Waals surface area contributed by atoms with Gasteiger partial charge in [-0.3, -0.25) is 4.79 Å². The van der Waals surface area contributed by atoms with Crippen LogP contribution in [0.5, 0.6) is 0 Å². The summed E-state index contributed by atoms with van der Waals surface area (Å²) < 4.78 is 30.7. The van der Waals surface area contributed by atoms with Gasteiger partial charge in [0.2, 0.25) is 5.91 Å². The molecule has 2 N–H and O–H groups in total. The van der Waals surface area contributed by atoms with Crippen LogP contribution in [0, 0.1) is 11.6 Å². The first-order valence-electron chi connectivity index (χ1n) is 10.3. The molecule has 0 bridgehead atoms. The average molecular weight is 406 g/mol. The number of nitrogens with two attached hydrogens (primary N) is 1. The van der Waals surface area contributed by atoms with Crippen molar-refractivity contribution in [2.24, 2.45) is 5.73 Å². The minimum absolute atomic E-state index is 0.00263. The van der Waals surface area contributed by atoms with Gasteiger partial charge in [-0.25, -0.2) is 8.78 Å². The molecule has 0 aliphatic rings. The van der Waals surface area contributed by atoms with Gasteiger partial charge >= 0.3 is 0 Å². The number of primary amides is 1. The van der Waals surface area contributed by atoms with Crippen LogP contribution in [0.25, 0.3) is 21.8 Å². The second-order valence-electron chi connectivity index (χ2n) is 7.66. The van der Waals surface area contributed by atoms with Crippen molar-refractivity contribution < 1.29 is 13.6 Å². The van der Waals surface area contributed by atoms with Crippen LogP contribution in [0.3, 0.4) is 0 Å². The Morgan fingerprint density at radius 3 is 2.40 bits per heavy atom. The molecule has 5 heteroatoms. The number of carbonyl (C=O) groups is 1. The highest BCUT2D eigenvalue weighted by molar-refractivity contribution is 6.18. The van der Waals surface area contributed by atoms with Crippen LogP contribution in [0.15, 0.2) is 54.6 Å². The summed E-state index contributed by atoms with van der Waals surface area (Å²) in [6.45, 7) is 2.19. The molecule has 0 saturated heterocycles. The Morgan fingerprint density at radius 1 is 0.967 bits per heavy atom. The van der Waals surface area contributed by atoms with Gasteiger partial charge in [0.15, 0.2) is 0 Å². The molecule has 4 aromatic rings. The number of hydrogen-bond donors (Lipinski definition) is 1. The highest BCUT2D eigenvalue weighted by Gasteiger charge is 2.19. The van der Waals surface area contributed by atoms with Crippen molar-refractivity contribution in [3.8, 4) is 0 Å². The lowest BCUT2D eigenvalue weighted by molar-refractivity contribution is 0.100. The first kappa shape index (κ1) is 20.1. The zero-order valence-electron chi connectivity index (χ0n) is 16.9. The maximum atomic E-state index is 14.4. The molecule has 4 rings (SSSR count). The van der Waals surface area contributed by atoms with Crippen molar-refractivity contribution in [1.82, 2.24) is 4.57 Å². The van der Waals surface area contributed by atoms with Crippen LogP contribution in [0.1, 0.15) is 47.7 Å². The van der Waals surface area contributed by atoms with Gasteiger partial charge in [0.05, 0.1) is 12.1 Å². The van der Waals surface area contributed by atoms with Crippen LogP contribution < -0.4 is 5.73 Å². The van der Waals surface area contributed by atoms with E-state index >= 15 is 0 Å². The summed E-state index contributed by atoms with van der Waals surface area (Å²) in [5.74, 6) is -1.70. The largest absolute Gasteiger partial charge is 0.366 e. The third-order valence-electron chi connectivity index (χ3n) is 5.67. The average Bonchev–Trinajstić information content (AvgIpc) is 3.04. The van der Waals surface area contributed by atoms with Crippen LogP contribution in [-0.2, 0) is 13.0 Å². The molecule has 0 atom stereocenters. The van der Waals surface area contributed by atoms with Crippen molar-refractivity contribution in [3.05, 3.63) is 82.9 Å². The number of aromatic nitrogens is 1. The van der Waals surface area contributed by atoms with E-state index in [1.165, 1.54) is 18.2 Å². The Morgan fingerprint density at radius 2 is 1.70 bits per heavy atom. The summed E-state index contributed by atoms with van der Waals surface area (Å²) in [6, 6.07) is 15.3. The first-order chi connectivity index (χ1) is 14.5. The number of carbonyl (C=O) groups excluding carboxylic acids is 1. The number of hydrogen-bond acceptors (Lipinski definition) is 1. The standard InChI is InChI=1S/C25H24F2N2O/c1-2-3-4-7-16-12-13-17-23(14-16)29(15-19-20(26)9-6-10-21(19)27)22-11-5-8-18(24(17)22)25(28)30/h5-6,8-14H,2-4,7,15H2,1H3,(H2,28,30). The Labute approximate surface area is 174 Å². The summed E-state index contributed by atoms with van der Waals surface area (Å²) in [5, 5.41) is 1.58. The molecule has 154 valence electrons. The van der Waals surface area contributed by atoms with E-state index < -0.39 is 17.5 Å². The monoisotopic (exact) mass is 406 g/mol. The minimum atomic E-state index is -0.588. The van der Waals surface area contributed by atoms with Gasteiger partial charge in [0.25, 0.3) is 0 Å². The summed E-state index contributed by atoms with van der Waals surface area (Å²) >= 11 is 0. The Hall–Kier alpha value is -3.21. The second-order valence-corrected chi connectivity index (χ2v) is 7.66. The fourth-order valence-corrected chi connectivity index (χ4v) is 4.14. The Bertz CT molecular complexity index is 1220. The van der Waals surface area contributed by atoms with E-state index in [1.54, 1.807) is 12.1 Å². The normalized spacial score (nSPS) is 11.4. The zero-order valence-corrected chi connectivity index (χ0v) is 16.9. The molecule has 1 heterocycles. The molecular formula is C25H24F2N2O. The van der Waals surface area contributed by atoms with Gasteiger partial charge < -0.3 is 10.3 Å². The summed E-state index contributed by atoms with van der Waals surface area (Å²) in [4.78, 5) is 12.1. The van der Waals surface area contributed by atoms with Crippen LogP contribution in [0.2, 0.25) is 0 Å². The molecule has 0 saturated carbocycles. The van der Waals surface area contributed by atoms with E-state index in [4.69, 9.17) is 5.73 Å². The molecule has 0 unspecified atom stereocenters. The molecule has 0 aliphatic heterocycles. The van der Waals surface area contributed by atoms with Crippen molar-refractivity contribution >= 4 is 27.7 Å². The summed E-state index contributed by atoms with van der Waals surface area (Å²) in [5.41, 5.74) is 8.76. The molecule has 1 aromatic heterocycles. The molecule has 0 spiro atoms. The van der Waals surface area contributed by atoms with Gasteiger partial charge in [-0.15, -0.1) is 0 Å². The lowest BCUT2D eigenvalue weighted by Crippen LogP contribution is -2.11. The third-order valence-corrected chi connectivity index (χ3v) is 5.67. The predicted octanol–water partition coefficient (Wildman–Crippen LogP) is 5.95. The lowest BCUT2D eigenvalue weighted by atomic mass is 10.0. The number of halogens is 2. The van der Waals surface area contributed by atoms with E-state index in [-0.39, 0.29) is 12.1 Å². The van der Waals surface area contributed by atoms with Crippen molar-refractivity contribution in [3.63, 3.8) is 0 Å². The molecule has 0 aliphatic carbocycles. The van der Waals surface area contributed by atoms with E-state index in [1.807, 2.05) is 16.7 Å². The van der Waals surface area contributed by atoms with Gasteiger partial charge in [-0.1, -0.05) is 44.0 Å². The van der Waals surface area contributed by atoms with Gasteiger partial charge in [-0.05, 0) is 48.7 Å². The van der Waals surface area contributed by atoms with Crippen LogP contribution in [0.4, 0.5) is 8.78 Å². The van der Waals surface area contributed by atoms with E-state index in [2.05, 4.69) is 19.1 Å². The molecule has 1 amide bonds. The SMILES string of the molecule is CCCCCc1ccc2c3c(C(N)=O)cccc3n(Cc3c(F)cccc3F)c2c1. The molecule has 3 aromatic carbocycles. The maximum Gasteiger partial charge on any atom is 0.249 e. The molecule has 0 fully saturated rings. The fraction of sp³-hybridized carbons (Fsp3) is 0.240. The van der Waals surface area contributed by atoms with Crippen LogP contribution >= 0.6 is 0 Å². The highest BCUT2D eigenvalue weighted by Crippen LogP contribution is 2.33. The van der Waals surface area contributed by atoms with Crippen molar-refractivity contribution in [2.75, 3.05) is 0 Å². The summed E-state index contributed by atoms with van der Waals surface area (Å²) in [6.07, 6.45) is 4.29. The van der Waals surface area contributed by atoms with E-state index in [0.717, 1.165) is 53.1 Å². The third kappa shape index (κ3) is 3.56. The zero-order chi connectivity index (χ0) is 21.3. The van der Waals surface area contributed by atoms with Gasteiger partial charge in [0, 0.05) is 27.4 Å². The van der Waals surface area contributed by atoms with Crippen molar-refractivity contribution in [2.45, 2.75) is 39.2 Å². The van der Waals surface area contributed by atoms with E-state index in [9.17, 15) is 13.6 Å². The summed E-state index contributed by atoms with van der Waals surface area (Å²) in [7, 11) is 0. The number of rotatable bonds is 7. The molecule has 30 heavy (non-hydrogen) atoms. The fourth-order valence-electron chi connectivity index (χ4n) is 4.14. The predicted molar refractivity (Wildman–Crippen MR) is 117 cm³/mol. The number of benzene rings is 3. The molecule has 3 nitrogen and oxygen atoms in total. The Kier molecular flexibility index (Phi) is 5.53. The van der Waals surface area contributed by atoms with Crippen molar-refractivity contribution in [1.29, 1.82) is 0 Å². The second kappa shape index (κ2) is 8.27. The maximum absolute atomic E-state index is 14.4. The highest BCUT2D eigenvalue weighted by atomic mass is 19.1. The number of aryl methyl sites for hydroxylation is 1. The lowest BCUT2D eigenvalue weighted by Gasteiger charge is -2.11. The Balaban J connectivity index is 1.96. The number of nitrogens with zero attached hydrogens (tertiary/aromatic N) is 1. The quantitative estimate of drug-likeness (QED) is 0.379. The smallest absolute Gasteiger partial charge is 0.249 e. The van der Waals surface area contributed by atoms with Crippen LogP contribution in [-0.4, -0.2) is 10.5 Å². The molecule has 0 radical (unpaired) electrons. The minimum Gasteiger partial charge on any atom is -0.366 e.